The second-order valence-electron chi connectivity index (χ2n) is 5.81. The number of sulfonamides is 1. The highest BCUT2D eigenvalue weighted by Gasteiger charge is 2.17. The molecule has 1 aromatic heterocycles. The molecule has 1 atom stereocenters. The third-order valence-electron chi connectivity index (χ3n) is 4.02. The molecular weight excluding hydrogens is 380 g/mol. The predicted octanol–water partition coefficient (Wildman–Crippen LogP) is 2.19. The molecule has 0 saturated heterocycles. The maximum Gasteiger partial charge on any atom is 0.419 e. The molecule has 0 unspecified atom stereocenters. The fourth-order valence-electron chi connectivity index (χ4n) is 2.57. The summed E-state index contributed by atoms with van der Waals surface area (Å²) in [6.07, 6.45) is -0.653. The fourth-order valence-corrected chi connectivity index (χ4v) is 3.83. The number of halogens is 1. The number of aliphatic hydroxyl groups is 1. The van der Waals surface area contributed by atoms with E-state index in [1.54, 1.807) is 24.3 Å². The molecule has 0 aliphatic rings. The first-order valence-corrected chi connectivity index (χ1v) is 9.67. The minimum atomic E-state index is -3.79. The Labute approximate surface area is 154 Å². The van der Waals surface area contributed by atoms with E-state index in [0.29, 0.717) is 21.7 Å². The van der Waals surface area contributed by atoms with Crippen LogP contribution in [0.15, 0.2) is 56.6 Å². The molecule has 2 aromatic carbocycles. The summed E-state index contributed by atoms with van der Waals surface area (Å²) in [5, 5.41) is 10.7. The van der Waals surface area contributed by atoms with Crippen molar-refractivity contribution in [2.45, 2.75) is 17.4 Å². The van der Waals surface area contributed by atoms with Gasteiger partial charge in [-0.15, -0.1) is 0 Å². The van der Waals surface area contributed by atoms with Crippen LogP contribution in [-0.2, 0) is 17.1 Å². The van der Waals surface area contributed by atoms with Gasteiger partial charge in [0.05, 0.1) is 16.5 Å². The lowest BCUT2D eigenvalue weighted by Gasteiger charge is -2.12. The lowest BCUT2D eigenvalue weighted by molar-refractivity contribution is 0.169. The number of aryl methyl sites for hydroxylation is 1. The van der Waals surface area contributed by atoms with Crippen LogP contribution in [0.5, 0.6) is 0 Å². The zero-order valence-corrected chi connectivity index (χ0v) is 15.4. The van der Waals surface area contributed by atoms with E-state index in [1.807, 2.05) is 0 Å². The van der Waals surface area contributed by atoms with Gasteiger partial charge in [0.1, 0.15) is 0 Å². The minimum absolute atomic E-state index is 0.0126. The van der Waals surface area contributed by atoms with Gasteiger partial charge in [-0.25, -0.2) is 17.9 Å². The number of aromatic nitrogens is 1. The predicted molar refractivity (Wildman–Crippen MR) is 97.7 cm³/mol. The van der Waals surface area contributed by atoms with Crippen molar-refractivity contribution < 1.29 is 17.9 Å². The number of hydrogen-bond donors (Lipinski definition) is 2. The molecule has 1 heterocycles. The molecule has 0 amide bonds. The number of rotatable bonds is 6. The molecular formula is C17H17ClN2O5S. The van der Waals surface area contributed by atoms with Crippen LogP contribution in [0.25, 0.3) is 11.1 Å². The van der Waals surface area contributed by atoms with Crippen molar-refractivity contribution in [3.63, 3.8) is 0 Å². The molecule has 0 saturated carbocycles. The fraction of sp³-hybridized carbons (Fsp3) is 0.235. The van der Waals surface area contributed by atoms with Crippen LogP contribution in [0, 0.1) is 0 Å². The van der Waals surface area contributed by atoms with Gasteiger partial charge in [0.25, 0.3) is 0 Å². The summed E-state index contributed by atoms with van der Waals surface area (Å²) in [5.41, 5.74) is 1.32. The molecule has 0 spiro atoms. The molecule has 3 aromatic rings. The largest absolute Gasteiger partial charge is 0.419 e. The second kappa shape index (κ2) is 7.24. The number of fused-ring (bicyclic) bond motifs is 1. The molecule has 0 aliphatic carbocycles. The number of nitrogens with zero attached hydrogens (tertiary/aromatic N) is 1. The number of oxazole rings is 1. The van der Waals surface area contributed by atoms with E-state index in [-0.39, 0.29) is 17.9 Å². The van der Waals surface area contributed by atoms with Gasteiger partial charge in [-0.1, -0.05) is 23.7 Å². The Morgan fingerprint density at radius 2 is 2.04 bits per heavy atom. The lowest BCUT2D eigenvalue weighted by atomic mass is 10.1. The first-order valence-electron chi connectivity index (χ1n) is 7.81. The Morgan fingerprint density at radius 3 is 2.77 bits per heavy atom. The van der Waals surface area contributed by atoms with Gasteiger partial charge >= 0.3 is 5.76 Å². The summed E-state index contributed by atoms with van der Waals surface area (Å²) in [5.74, 6) is -0.563. The third kappa shape index (κ3) is 3.83. The molecule has 7 nitrogen and oxygen atoms in total. The summed E-state index contributed by atoms with van der Waals surface area (Å²) in [4.78, 5) is 11.5. The Balaban J connectivity index is 1.71. The van der Waals surface area contributed by atoms with E-state index < -0.39 is 21.9 Å². The van der Waals surface area contributed by atoms with Gasteiger partial charge in [0, 0.05) is 18.6 Å². The van der Waals surface area contributed by atoms with E-state index in [1.165, 1.54) is 29.8 Å². The number of aliphatic hydroxyl groups excluding tert-OH is 1. The lowest BCUT2D eigenvalue weighted by Crippen LogP contribution is -2.26. The molecule has 26 heavy (non-hydrogen) atoms. The molecule has 2 N–H and O–H groups in total. The third-order valence-corrected chi connectivity index (χ3v) is 5.71. The smallest absolute Gasteiger partial charge is 0.408 e. The van der Waals surface area contributed by atoms with Gasteiger partial charge in [-0.3, -0.25) is 4.57 Å². The Kier molecular flexibility index (Phi) is 5.19. The number of nitrogens with one attached hydrogen (secondary N) is 1. The minimum Gasteiger partial charge on any atom is -0.408 e. The molecule has 0 fully saturated rings. The maximum atomic E-state index is 12.4. The highest BCUT2D eigenvalue weighted by Crippen LogP contribution is 2.21. The SMILES string of the molecule is Cn1c(=O)oc2ccc(S(=O)(=O)NCC[C@H](O)c3cccc(Cl)c3)cc21. The second-order valence-corrected chi connectivity index (χ2v) is 8.02. The van der Waals surface area contributed by atoms with Crippen molar-refractivity contribution in [3.8, 4) is 0 Å². The first kappa shape index (κ1) is 18.7. The summed E-state index contributed by atoms with van der Waals surface area (Å²) in [7, 11) is -2.29. The van der Waals surface area contributed by atoms with Crippen molar-refractivity contribution in [1.29, 1.82) is 0 Å². The Hall–Kier alpha value is -2.13. The maximum absolute atomic E-state index is 12.4. The van der Waals surface area contributed by atoms with Gasteiger partial charge in [-0.2, -0.15) is 0 Å². The van der Waals surface area contributed by atoms with Crippen LogP contribution in [0.2, 0.25) is 5.02 Å². The average molecular weight is 397 g/mol. The molecule has 0 aliphatic heterocycles. The van der Waals surface area contributed by atoms with Crippen LogP contribution in [0.1, 0.15) is 18.1 Å². The molecule has 0 radical (unpaired) electrons. The summed E-state index contributed by atoms with van der Waals surface area (Å²) >= 11 is 5.88. The molecule has 9 heteroatoms. The van der Waals surface area contributed by atoms with Gasteiger partial charge in [0.15, 0.2) is 5.58 Å². The number of benzene rings is 2. The highest BCUT2D eigenvalue weighted by molar-refractivity contribution is 7.89. The van der Waals surface area contributed by atoms with Crippen LogP contribution < -0.4 is 10.5 Å². The van der Waals surface area contributed by atoms with Crippen LogP contribution in [-0.4, -0.2) is 24.6 Å². The van der Waals surface area contributed by atoms with E-state index in [4.69, 9.17) is 16.0 Å². The molecule has 0 bridgehead atoms. The van der Waals surface area contributed by atoms with E-state index in [9.17, 15) is 18.3 Å². The van der Waals surface area contributed by atoms with E-state index in [0.717, 1.165) is 0 Å². The standard InChI is InChI=1S/C17H17ClN2O5S/c1-20-14-10-13(5-6-16(14)25-17(20)22)26(23,24)19-8-7-15(21)11-3-2-4-12(18)9-11/h2-6,9-10,15,19,21H,7-8H2,1H3/t15-/m0/s1. The van der Waals surface area contributed by atoms with Gasteiger partial charge < -0.3 is 9.52 Å². The van der Waals surface area contributed by atoms with Crippen molar-refractivity contribution in [1.82, 2.24) is 9.29 Å². The van der Waals surface area contributed by atoms with Crippen molar-refractivity contribution in [3.05, 3.63) is 63.6 Å². The van der Waals surface area contributed by atoms with Crippen molar-refractivity contribution >= 4 is 32.7 Å². The van der Waals surface area contributed by atoms with Crippen LogP contribution in [0.4, 0.5) is 0 Å². The quantitative estimate of drug-likeness (QED) is 0.665. The highest BCUT2D eigenvalue weighted by atomic mass is 35.5. The Bertz CT molecular complexity index is 1100. The van der Waals surface area contributed by atoms with Crippen LogP contribution in [0.3, 0.4) is 0 Å². The summed E-state index contributed by atoms with van der Waals surface area (Å²) in [6, 6.07) is 10.9. The summed E-state index contributed by atoms with van der Waals surface area (Å²) < 4.78 is 33.5. The monoisotopic (exact) mass is 396 g/mol. The molecule has 138 valence electrons. The topological polar surface area (TPSA) is 102 Å². The van der Waals surface area contributed by atoms with E-state index >= 15 is 0 Å². The summed E-state index contributed by atoms with van der Waals surface area (Å²) in [6.45, 7) is 0.0400. The molecule has 3 rings (SSSR count). The van der Waals surface area contributed by atoms with E-state index in [2.05, 4.69) is 4.72 Å². The van der Waals surface area contributed by atoms with Crippen LogP contribution >= 0.6 is 11.6 Å². The zero-order valence-electron chi connectivity index (χ0n) is 13.8. The van der Waals surface area contributed by atoms with Crippen molar-refractivity contribution in [2.75, 3.05) is 6.54 Å². The number of hydrogen-bond acceptors (Lipinski definition) is 5. The van der Waals surface area contributed by atoms with Crippen molar-refractivity contribution in [2.24, 2.45) is 7.05 Å². The van der Waals surface area contributed by atoms with Gasteiger partial charge in [0.2, 0.25) is 10.0 Å². The normalized spacial score (nSPS) is 13.2. The first-order chi connectivity index (χ1) is 12.3. The zero-order chi connectivity index (χ0) is 18.9. The van der Waals surface area contributed by atoms with Gasteiger partial charge in [-0.05, 0) is 42.3 Å². The Morgan fingerprint density at radius 1 is 1.27 bits per heavy atom. The average Bonchev–Trinajstić information content (AvgIpc) is 2.88.